The number of nitrogens with two attached hydrogens (primary N) is 1. The molecule has 1 aromatic heterocycles. The van der Waals surface area contributed by atoms with E-state index in [0.29, 0.717) is 12.6 Å². The van der Waals surface area contributed by atoms with Gasteiger partial charge in [0.2, 0.25) is 0 Å². The number of hydrogen-bond acceptors (Lipinski definition) is 4. The van der Waals surface area contributed by atoms with E-state index in [9.17, 15) is 0 Å². The largest absolute Gasteiger partial charge is 0.354 e. The molecule has 4 heteroatoms. The molecule has 17 heavy (non-hydrogen) atoms. The summed E-state index contributed by atoms with van der Waals surface area (Å²) in [5, 5.41) is 0. The molecular formula is C13H22N4. The van der Waals surface area contributed by atoms with E-state index in [1.807, 2.05) is 12.3 Å². The number of rotatable bonds is 3. The van der Waals surface area contributed by atoms with Crippen molar-refractivity contribution in [2.24, 2.45) is 5.73 Å². The maximum atomic E-state index is 5.67. The van der Waals surface area contributed by atoms with Crippen LogP contribution in [0.3, 0.4) is 0 Å². The number of pyridine rings is 1. The number of anilines is 1. The molecule has 0 amide bonds. The van der Waals surface area contributed by atoms with Gasteiger partial charge in [-0.1, -0.05) is 6.92 Å². The maximum absolute atomic E-state index is 5.67. The molecule has 0 radical (unpaired) electrons. The van der Waals surface area contributed by atoms with Gasteiger partial charge in [0, 0.05) is 38.4 Å². The van der Waals surface area contributed by atoms with Crippen LogP contribution >= 0.6 is 0 Å². The molecule has 2 rings (SSSR count). The smallest absolute Gasteiger partial charge is 0.128 e. The molecule has 1 saturated heterocycles. The van der Waals surface area contributed by atoms with Gasteiger partial charge in [-0.05, 0) is 31.2 Å². The van der Waals surface area contributed by atoms with Crippen LogP contribution in [0.4, 0.5) is 5.82 Å². The summed E-state index contributed by atoms with van der Waals surface area (Å²) >= 11 is 0. The van der Waals surface area contributed by atoms with Crippen molar-refractivity contribution in [1.82, 2.24) is 9.88 Å². The Morgan fingerprint density at radius 1 is 1.47 bits per heavy atom. The first-order valence-corrected chi connectivity index (χ1v) is 6.34. The number of likely N-dealkylation sites (N-methyl/N-ethyl adjacent to an activating group) is 1. The van der Waals surface area contributed by atoms with Crippen molar-refractivity contribution in [2.45, 2.75) is 25.9 Å². The Bertz CT molecular complexity index is 366. The van der Waals surface area contributed by atoms with Crippen molar-refractivity contribution in [3.63, 3.8) is 0 Å². The quantitative estimate of drug-likeness (QED) is 0.850. The number of piperazine rings is 1. The van der Waals surface area contributed by atoms with Crippen LogP contribution in [0.5, 0.6) is 0 Å². The van der Waals surface area contributed by atoms with E-state index in [1.165, 1.54) is 6.42 Å². The minimum absolute atomic E-state index is 0.584. The van der Waals surface area contributed by atoms with Gasteiger partial charge in [-0.2, -0.15) is 0 Å². The molecule has 1 aliphatic rings. The maximum Gasteiger partial charge on any atom is 0.128 e. The highest BCUT2D eigenvalue weighted by Crippen LogP contribution is 2.18. The number of aromatic nitrogens is 1. The zero-order valence-corrected chi connectivity index (χ0v) is 10.8. The lowest BCUT2D eigenvalue weighted by atomic mass is 10.1. The van der Waals surface area contributed by atoms with Crippen molar-refractivity contribution in [3.05, 3.63) is 23.9 Å². The fourth-order valence-corrected chi connectivity index (χ4v) is 2.36. The first-order chi connectivity index (χ1) is 8.24. The molecule has 4 nitrogen and oxygen atoms in total. The predicted molar refractivity (Wildman–Crippen MR) is 71.1 cm³/mol. The molecule has 1 fully saturated rings. The molecule has 1 aromatic rings. The molecule has 2 heterocycles. The molecule has 0 saturated carbocycles. The molecule has 2 N–H and O–H groups in total. The summed E-state index contributed by atoms with van der Waals surface area (Å²) < 4.78 is 0. The Hall–Kier alpha value is -1.13. The standard InChI is InChI=1S/C13H22N4/c1-3-12-10-17(7-6-16(12)2)13-8-11(9-14)4-5-15-13/h4-5,8,12H,3,6-7,9-10,14H2,1-2H3. The van der Waals surface area contributed by atoms with E-state index >= 15 is 0 Å². The van der Waals surface area contributed by atoms with Crippen LogP contribution in [0, 0.1) is 0 Å². The highest BCUT2D eigenvalue weighted by Gasteiger charge is 2.23. The lowest BCUT2D eigenvalue weighted by Crippen LogP contribution is -2.51. The Morgan fingerprint density at radius 2 is 2.29 bits per heavy atom. The highest BCUT2D eigenvalue weighted by atomic mass is 15.3. The molecule has 0 spiro atoms. The fraction of sp³-hybridized carbons (Fsp3) is 0.615. The topological polar surface area (TPSA) is 45.4 Å². The SMILES string of the molecule is CCC1CN(c2cc(CN)ccn2)CCN1C. The van der Waals surface area contributed by atoms with Gasteiger partial charge in [0.15, 0.2) is 0 Å². The minimum Gasteiger partial charge on any atom is -0.354 e. The molecule has 94 valence electrons. The van der Waals surface area contributed by atoms with Gasteiger partial charge in [-0.15, -0.1) is 0 Å². The minimum atomic E-state index is 0.584. The Balaban J connectivity index is 2.11. The van der Waals surface area contributed by atoms with Gasteiger partial charge < -0.3 is 10.6 Å². The summed E-state index contributed by atoms with van der Waals surface area (Å²) in [6, 6.07) is 4.72. The second-order valence-electron chi connectivity index (χ2n) is 4.72. The third-order valence-corrected chi connectivity index (χ3v) is 3.62. The first kappa shape index (κ1) is 12.3. The summed E-state index contributed by atoms with van der Waals surface area (Å²) in [7, 11) is 2.20. The predicted octanol–water partition coefficient (Wildman–Crippen LogP) is 1.07. The van der Waals surface area contributed by atoms with E-state index in [-0.39, 0.29) is 0 Å². The lowest BCUT2D eigenvalue weighted by Gasteiger charge is -2.39. The van der Waals surface area contributed by atoms with E-state index in [1.54, 1.807) is 0 Å². The summed E-state index contributed by atoms with van der Waals surface area (Å²) in [5.41, 5.74) is 6.82. The zero-order chi connectivity index (χ0) is 12.3. The Morgan fingerprint density at radius 3 is 3.00 bits per heavy atom. The van der Waals surface area contributed by atoms with Gasteiger partial charge in [0.1, 0.15) is 5.82 Å². The molecule has 1 atom stereocenters. The first-order valence-electron chi connectivity index (χ1n) is 6.34. The molecule has 0 aliphatic carbocycles. The second-order valence-corrected chi connectivity index (χ2v) is 4.72. The molecule has 1 aliphatic heterocycles. The van der Waals surface area contributed by atoms with Crippen LogP contribution < -0.4 is 10.6 Å². The summed E-state index contributed by atoms with van der Waals surface area (Å²) in [6.45, 7) is 6.05. The summed E-state index contributed by atoms with van der Waals surface area (Å²) in [4.78, 5) is 9.26. The zero-order valence-electron chi connectivity index (χ0n) is 10.8. The number of hydrogen-bond donors (Lipinski definition) is 1. The van der Waals surface area contributed by atoms with Gasteiger partial charge in [-0.25, -0.2) is 4.98 Å². The average Bonchev–Trinajstić information content (AvgIpc) is 2.39. The van der Waals surface area contributed by atoms with E-state index in [4.69, 9.17) is 5.73 Å². The lowest BCUT2D eigenvalue weighted by molar-refractivity contribution is 0.213. The Kier molecular flexibility index (Phi) is 3.97. The van der Waals surface area contributed by atoms with Crippen molar-refractivity contribution in [1.29, 1.82) is 0 Å². The van der Waals surface area contributed by atoms with Gasteiger partial charge in [-0.3, -0.25) is 4.90 Å². The van der Waals surface area contributed by atoms with E-state index in [0.717, 1.165) is 31.0 Å². The molecule has 1 unspecified atom stereocenters. The molecule has 0 aromatic carbocycles. The van der Waals surface area contributed by atoms with Crippen LogP contribution in [0.2, 0.25) is 0 Å². The van der Waals surface area contributed by atoms with Crippen LogP contribution in [-0.4, -0.2) is 42.6 Å². The summed E-state index contributed by atoms with van der Waals surface area (Å²) in [6.07, 6.45) is 3.04. The van der Waals surface area contributed by atoms with Gasteiger partial charge in [0.05, 0.1) is 0 Å². The summed E-state index contributed by atoms with van der Waals surface area (Å²) in [5.74, 6) is 1.07. The van der Waals surface area contributed by atoms with Crippen LogP contribution in [0.15, 0.2) is 18.3 Å². The van der Waals surface area contributed by atoms with Gasteiger partial charge >= 0.3 is 0 Å². The highest BCUT2D eigenvalue weighted by molar-refractivity contribution is 5.41. The van der Waals surface area contributed by atoms with E-state index < -0.39 is 0 Å². The van der Waals surface area contributed by atoms with Crippen molar-refractivity contribution in [2.75, 3.05) is 31.6 Å². The number of nitrogens with zero attached hydrogens (tertiary/aromatic N) is 3. The third kappa shape index (κ3) is 2.76. The third-order valence-electron chi connectivity index (χ3n) is 3.62. The van der Waals surface area contributed by atoms with Crippen molar-refractivity contribution < 1.29 is 0 Å². The van der Waals surface area contributed by atoms with Crippen LogP contribution in [0.1, 0.15) is 18.9 Å². The average molecular weight is 234 g/mol. The van der Waals surface area contributed by atoms with Crippen LogP contribution in [0.25, 0.3) is 0 Å². The van der Waals surface area contributed by atoms with Crippen LogP contribution in [-0.2, 0) is 6.54 Å². The van der Waals surface area contributed by atoms with E-state index in [2.05, 4.69) is 34.8 Å². The van der Waals surface area contributed by atoms with Gasteiger partial charge in [0.25, 0.3) is 0 Å². The fourth-order valence-electron chi connectivity index (χ4n) is 2.36. The molecular weight excluding hydrogens is 212 g/mol. The van der Waals surface area contributed by atoms with Crippen molar-refractivity contribution >= 4 is 5.82 Å². The Labute approximate surface area is 103 Å². The monoisotopic (exact) mass is 234 g/mol. The van der Waals surface area contributed by atoms with Crippen molar-refractivity contribution in [3.8, 4) is 0 Å². The normalized spacial score (nSPS) is 21.8. The second kappa shape index (κ2) is 5.47. The molecule has 0 bridgehead atoms.